The fourth-order valence-electron chi connectivity index (χ4n) is 2.57. The Balaban J connectivity index is 2.47. The average molecular weight is 289 g/mol. The van der Waals surface area contributed by atoms with Gasteiger partial charge in [-0.2, -0.15) is 0 Å². The quantitative estimate of drug-likeness (QED) is 0.908. The van der Waals surface area contributed by atoms with Crippen LogP contribution in [-0.4, -0.2) is 19.7 Å². The van der Waals surface area contributed by atoms with E-state index in [1.807, 2.05) is 13.8 Å². The van der Waals surface area contributed by atoms with Gasteiger partial charge in [-0.15, -0.1) is 0 Å². The second kappa shape index (κ2) is 4.52. The number of rotatable bonds is 2. The molecule has 2 atom stereocenters. The topological polar surface area (TPSA) is 60.2 Å². The van der Waals surface area contributed by atoms with Gasteiger partial charge in [0.05, 0.1) is 5.25 Å². The van der Waals surface area contributed by atoms with Crippen molar-refractivity contribution in [1.29, 1.82) is 0 Å². The van der Waals surface area contributed by atoms with Crippen molar-refractivity contribution >= 4 is 9.84 Å². The highest BCUT2D eigenvalue weighted by molar-refractivity contribution is 7.92. The third-order valence-electron chi connectivity index (χ3n) is 3.97. The van der Waals surface area contributed by atoms with Crippen molar-refractivity contribution in [1.82, 2.24) is 0 Å². The van der Waals surface area contributed by atoms with Crippen molar-refractivity contribution in [2.45, 2.75) is 42.9 Å². The lowest BCUT2D eigenvalue weighted by Crippen LogP contribution is -2.43. The zero-order valence-corrected chi connectivity index (χ0v) is 11.7. The van der Waals surface area contributed by atoms with Crippen LogP contribution >= 0.6 is 0 Å². The zero-order valence-electron chi connectivity index (χ0n) is 10.9. The van der Waals surface area contributed by atoms with Gasteiger partial charge in [0, 0.05) is 6.04 Å². The largest absolute Gasteiger partial charge is 0.326 e. The van der Waals surface area contributed by atoms with E-state index in [2.05, 4.69) is 0 Å². The summed E-state index contributed by atoms with van der Waals surface area (Å²) < 4.78 is 51.6. The molecule has 2 unspecified atom stereocenters. The van der Waals surface area contributed by atoms with Crippen molar-refractivity contribution in [3.8, 4) is 0 Å². The predicted octanol–water partition coefficient (Wildman–Crippen LogP) is 2.25. The molecule has 0 bridgehead atoms. The summed E-state index contributed by atoms with van der Waals surface area (Å²) in [5, 5.41) is -0.862. The van der Waals surface area contributed by atoms with E-state index < -0.39 is 37.7 Å². The Morgan fingerprint density at radius 2 is 1.95 bits per heavy atom. The molecule has 0 amide bonds. The van der Waals surface area contributed by atoms with E-state index in [-0.39, 0.29) is 5.41 Å². The fraction of sp³-hybridized carbons (Fsp3) is 0.538. The van der Waals surface area contributed by atoms with Crippen LogP contribution in [0.4, 0.5) is 8.78 Å². The molecule has 19 heavy (non-hydrogen) atoms. The summed E-state index contributed by atoms with van der Waals surface area (Å²) in [4.78, 5) is -0.592. The molecular formula is C13H17F2NO2S. The number of halogens is 2. The summed E-state index contributed by atoms with van der Waals surface area (Å²) in [6.07, 6.45) is 1.02. The molecule has 0 heterocycles. The van der Waals surface area contributed by atoms with Gasteiger partial charge in [0.15, 0.2) is 9.84 Å². The molecule has 3 nitrogen and oxygen atoms in total. The van der Waals surface area contributed by atoms with Gasteiger partial charge in [-0.25, -0.2) is 17.2 Å². The van der Waals surface area contributed by atoms with Crippen LogP contribution in [0.15, 0.2) is 23.1 Å². The summed E-state index contributed by atoms with van der Waals surface area (Å²) >= 11 is 0. The Kier molecular flexibility index (Phi) is 3.43. The van der Waals surface area contributed by atoms with E-state index in [9.17, 15) is 17.2 Å². The van der Waals surface area contributed by atoms with E-state index in [1.54, 1.807) is 0 Å². The molecule has 0 radical (unpaired) electrons. The van der Waals surface area contributed by atoms with Gasteiger partial charge in [0.25, 0.3) is 0 Å². The number of benzene rings is 1. The summed E-state index contributed by atoms with van der Waals surface area (Å²) in [6.45, 7) is 3.77. The van der Waals surface area contributed by atoms with Crippen LogP contribution in [0.5, 0.6) is 0 Å². The molecule has 2 N–H and O–H groups in total. The lowest BCUT2D eigenvalue weighted by Gasteiger charge is -2.26. The first-order valence-electron chi connectivity index (χ1n) is 6.11. The lowest BCUT2D eigenvalue weighted by molar-refractivity contribution is 0.332. The minimum absolute atomic E-state index is 0.318. The molecule has 0 aromatic heterocycles. The SMILES string of the molecule is CC1(C)CCC(S(=O)(=O)c2cc(F)ccc2F)C1N. The first-order chi connectivity index (χ1) is 8.66. The standard InChI is InChI=1S/C13H17F2NO2S/c1-13(2)6-5-10(12(13)16)19(17,18)11-7-8(14)3-4-9(11)15/h3-4,7,10,12H,5-6,16H2,1-2H3. The first-order valence-corrected chi connectivity index (χ1v) is 7.65. The smallest absolute Gasteiger partial charge is 0.185 e. The maximum atomic E-state index is 13.7. The van der Waals surface area contributed by atoms with Gasteiger partial charge in [-0.1, -0.05) is 13.8 Å². The Morgan fingerprint density at radius 3 is 2.47 bits per heavy atom. The van der Waals surface area contributed by atoms with Crippen molar-refractivity contribution in [3.05, 3.63) is 29.8 Å². The molecule has 0 spiro atoms. The van der Waals surface area contributed by atoms with E-state index >= 15 is 0 Å². The Bertz CT molecular complexity index is 599. The van der Waals surface area contributed by atoms with Crippen molar-refractivity contribution in [3.63, 3.8) is 0 Å². The molecule has 2 rings (SSSR count). The third-order valence-corrected chi connectivity index (χ3v) is 6.23. The molecule has 0 saturated heterocycles. The van der Waals surface area contributed by atoms with E-state index in [1.165, 1.54) is 0 Å². The Hall–Kier alpha value is -1.01. The molecule has 6 heteroatoms. The maximum Gasteiger partial charge on any atom is 0.185 e. The molecular weight excluding hydrogens is 272 g/mol. The van der Waals surface area contributed by atoms with Crippen LogP contribution in [0.3, 0.4) is 0 Å². The molecule has 1 saturated carbocycles. The van der Waals surface area contributed by atoms with Gasteiger partial charge in [0.2, 0.25) is 0 Å². The fourth-order valence-corrected chi connectivity index (χ4v) is 4.70. The molecule has 1 fully saturated rings. The molecule has 1 aliphatic carbocycles. The molecule has 1 aromatic carbocycles. The normalized spacial score (nSPS) is 26.6. The lowest BCUT2D eigenvalue weighted by atomic mass is 9.88. The molecule has 1 aromatic rings. The third kappa shape index (κ3) is 2.39. The second-order valence-corrected chi connectivity index (χ2v) is 7.85. The Morgan fingerprint density at radius 1 is 1.32 bits per heavy atom. The minimum Gasteiger partial charge on any atom is -0.326 e. The monoisotopic (exact) mass is 289 g/mol. The van der Waals surface area contributed by atoms with E-state index in [0.29, 0.717) is 12.8 Å². The molecule has 1 aliphatic rings. The highest BCUT2D eigenvalue weighted by Gasteiger charge is 2.47. The van der Waals surface area contributed by atoms with E-state index in [4.69, 9.17) is 5.73 Å². The van der Waals surface area contributed by atoms with Gasteiger partial charge >= 0.3 is 0 Å². The van der Waals surface area contributed by atoms with Crippen molar-refractivity contribution < 1.29 is 17.2 Å². The van der Waals surface area contributed by atoms with Crippen LogP contribution in [0.1, 0.15) is 26.7 Å². The summed E-state index contributed by atoms with van der Waals surface area (Å²) in [5.74, 6) is -1.70. The number of hydrogen-bond acceptors (Lipinski definition) is 3. The number of sulfone groups is 1. The van der Waals surface area contributed by atoms with Crippen LogP contribution in [0, 0.1) is 17.0 Å². The van der Waals surface area contributed by atoms with Gasteiger partial charge in [0.1, 0.15) is 16.5 Å². The maximum absolute atomic E-state index is 13.7. The highest BCUT2D eigenvalue weighted by Crippen LogP contribution is 2.41. The zero-order chi connectivity index (χ0) is 14.4. The van der Waals surface area contributed by atoms with E-state index in [0.717, 1.165) is 18.2 Å². The van der Waals surface area contributed by atoms with Crippen LogP contribution < -0.4 is 5.73 Å². The van der Waals surface area contributed by atoms with Gasteiger partial charge < -0.3 is 5.73 Å². The van der Waals surface area contributed by atoms with Crippen LogP contribution in [0.2, 0.25) is 0 Å². The summed E-state index contributed by atoms with van der Waals surface area (Å²) in [7, 11) is -3.95. The Labute approximate surface area is 111 Å². The second-order valence-electron chi connectivity index (χ2n) is 5.71. The first kappa shape index (κ1) is 14.4. The molecule has 106 valence electrons. The predicted molar refractivity (Wildman–Crippen MR) is 68.3 cm³/mol. The number of nitrogens with two attached hydrogens (primary N) is 1. The van der Waals surface area contributed by atoms with Gasteiger partial charge in [-0.05, 0) is 36.5 Å². The summed E-state index contributed by atoms with van der Waals surface area (Å²) in [5.41, 5.74) is 5.66. The minimum atomic E-state index is -3.95. The van der Waals surface area contributed by atoms with Crippen molar-refractivity contribution in [2.24, 2.45) is 11.1 Å². The number of hydrogen-bond donors (Lipinski definition) is 1. The van der Waals surface area contributed by atoms with Crippen LogP contribution in [-0.2, 0) is 9.84 Å². The van der Waals surface area contributed by atoms with Gasteiger partial charge in [-0.3, -0.25) is 0 Å². The van der Waals surface area contributed by atoms with Crippen molar-refractivity contribution in [2.75, 3.05) is 0 Å². The highest BCUT2D eigenvalue weighted by atomic mass is 32.2. The summed E-state index contributed by atoms with van der Waals surface area (Å²) in [6, 6.07) is 1.86. The molecule has 0 aliphatic heterocycles. The average Bonchev–Trinajstić information content (AvgIpc) is 2.58. The van der Waals surface area contributed by atoms with Crippen LogP contribution in [0.25, 0.3) is 0 Å².